The molecule has 0 radical (unpaired) electrons. The first kappa shape index (κ1) is 17.4. The number of nitrogens with two attached hydrogens (primary N) is 1. The second kappa shape index (κ2) is 6.89. The molecule has 1 fully saturated rings. The lowest BCUT2D eigenvalue weighted by molar-refractivity contribution is 0.399. The Morgan fingerprint density at radius 1 is 1.25 bits per heavy atom. The molecule has 1 aliphatic rings. The zero-order valence-corrected chi connectivity index (χ0v) is 13.4. The first-order valence-electron chi connectivity index (χ1n) is 6.85. The molecular formula is C14H23ClN2O2S. The summed E-state index contributed by atoms with van der Waals surface area (Å²) in [6, 6.07) is 7.16. The molecule has 1 saturated carbocycles. The van der Waals surface area contributed by atoms with Gasteiger partial charge in [-0.1, -0.05) is 38.0 Å². The van der Waals surface area contributed by atoms with Gasteiger partial charge < -0.3 is 5.73 Å². The van der Waals surface area contributed by atoms with Crippen molar-refractivity contribution in [1.29, 1.82) is 0 Å². The number of halogens is 1. The number of aryl methyl sites for hydroxylation is 1. The fraction of sp³-hybridized carbons (Fsp3) is 0.571. The summed E-state index contributed by atoms with van der Waals surface area (Å²) in [7, 11) is -3.49. The average Bonchev–Trinajstić information content (AvgIpc) is 2.87. The zero-order valence-electron chi connectivity index (χ0n) is 11.8. The Bertz CT molecular complexity index is 540. The topological polar surface area (TPSA) is 72.2 Å². The third-order valence-corrected chi connectivity index (χ3v) is 5.62. The van der Waals surface area contributed by atoms with Crippen LogP contribution in [0.1, 0.15) is 38.2 Å². The molecule has 0 bridgehead atoms. The van der Waals surface area contributed by atoms with Crippen LogP contribution in [0, 0.1) is 0 Å². The van der Waals surface area contributed by atoms with Gasteiger partial charge in [-0.15, -0.1) is 12.4 Å². The van der Waals surface area contributed by atoms with Crippen LogP contribution >= 0.6 is 12.4 Å². The molecule has 6 heteroatoms. The molecule has 0 heterocycles. The summed E-state index contributed by atoms with van der Waals surface area (Å²) in [6.07, 6.45) is 4.44. The van der Waals surface area contributed by atoms with Gasteiger partial charge in [0.15, 0.2) is 0 Å². The van der Waals surface area contributed by atoms with Crippen LogP contribution in [0.5, 0.6) is 0 Å². The van der Waals surface area contributed by atoms with Gasteiger partial charge in [0.05, 0.1) is 4.90 Å². The molecule has 0 amide bonds. The molecule has 114 valence electrons. The molecule has 1 aromatic rings. The van der Waals surface area contributed by atoms with E-state index in [4.69, 9.17) is 5.73 Å². The minimum atomic E-state index is -3.49. The second-order valence-electron chi connectivity index (χ2n) is 5.26. The van der Waals surface area contributed by atoms with Crippen molar-refractivity contribution in [1.82, 2.24) is 4.72 Å². The molecule has 20 heavy (non-hydrogen) atoms. The summed E-state index contributed by atoms with van der Waals surface area (Å²) in [5, 5.41) is 0. The van der Waals surface area contributed by atoms with Crippen LogP contribution in [0.2, 0.25) is 0 Å². The average molecular weight is 319 g/mol. The van der Waals surface area contributed by atoms with Gasteiger partial charge in [0.1, 0.15) is 0 Å². The minimum Gasteiger partial charge on any atom is -0.329 e. The van der Waals surface area contributed by atoms with E-state index in [0.29, 0.717) is 17.9 Å². The maximum Gasteiger partial charge on any atom is 0.241 e. The van der Waals surface area contributed by atoms with Crippen LogP contribution < -0.4 is 10.5 Å². The van der Waals surface area contributed by atoms with Gasteiger partial charge in [-0.2, -0.15) is 0 Å². The lowest BCUT2D eigenvalue weighted by Gasteiger charge is -2.28. The molecule has 1 aliphatic carbocycles. The smallest absolute Gasteiger partial charge is 0.241 e. The molecule has 0 unspecified atom stereocenters. The van der Waals surface area contributed by atoms with E-state index in [1.165, 1.54) is 0 Å². The van der Waals surface area contributed by atoms with E-state index < -0.39 is 15.6 Å². The molecule has 4 nitrogen and oxygen atoms in total. The van der Waals surface area contributed by atoms with Crippen LogP contribution in [0.15, 0.2) is 29.2 Å². The van der Waals surface area contributed by atoms with Crippen molar-refractivity contribution in [3.63, 3.8) is 0 Å². The van der Waals surface area contributed by atoms with E-state index in [9.17, 15) is 8.42 Å². The molecule has 0 aromatic heterocycles. The molecule has 0 aliphatic heterocycles. The number of nitrogens with one attached hydrogen (secondary N) is 1. The highest BCUT2D eigenvalue weighted by Gasteiger charge is 2.37. The van der Waals surface area contributed by atoms with Crippen molar-refractivity contribution in [2.45, 2.75) is 49.5 Å². The largest absolute Gasteiger partial charge is 0.329 e. The maximum absolute atomic E-state index is 12.6. The maximum atomic E-state index is 12.6. The molecule has 0 atom stereocenters. The summed E-state index contributed by atoms with van der Waals surface area (Å²) in [6.45, 7) is 2.32. The molecule has 2 rings (SSSR count). The van der Waals surface area contributed by atoms with Crippen LogP contribution in [-0.2, 0) is 16.4 Å². The van der Waals surface area contributed by atoms with Crippen LogP contribution in [0.3, 0.4) is 0 Å². The summed E-state index contributed by atoms with van der Waals surface area (Å²) >= 11 is 0. The van der Waals surface area contributed by atoms with Gasteiger partial charge in [-0.25, -0.2) is 13.1 Å². The van der Waals surface area contributed by atoms with Crippen molar-refractivity contribution in [2.75, 3.05) is 6.54 Å². The van der Waals surface area contributed by atoms with Gasteiger partial charge in [0.25, 0.3) is 0 Å². The minimum absolute atomic E-state index is 0. The lowest BCUT2D eigenvalue weighted by Crippen LogP contribution is -2.51. The van der Waals surface area contributed by atoms with E-state index in [1.54, 1.807) is 12.1 Å². The number of hydrogen-bond donors (Lipinski definition) is 2. The Hall–Kier alpha value is -0.620. The quantitative estimate of drug-likeness (QED) is 0.874. The highest BCUT2D eigenvalue weighted by Crippen LogP contribution is 2.30. The van der Waals surface area contributed by atoms with E-state index in [-0.39, 0.29) is 12.4 Å². The van der Waals surface area contributed by atoms with Gasteiger partial charge in [-0.3, -0.25) is 0 Å². The standard InChI is InChI=1S/C14H22N2O2S.ClH/c1-2-12-7-3-4-8-13(12)19(17,18)16-14(11-15)9-5-6-10-14;/h3-4,7-8,16H,2,5-6,9-11,15H2,1H3;1H. The Kier molecular flexibility index (Phi) is 6.01. The fourth-order valence-corrected chi connectivity index (χ4v) is 4.58. The Morgan fingerprint density at radius 3 is 2.40 bits per heavy atom. The van der Waals surface area contributed by atoms with Crippen LogP contribution in [-0.4, -0.2) is 20.5 Å². The summed E-state index contributed by atoms with van der Waals surface area (Å²) in [4.78, 5) is 0.386. The molecule has 0 spiro atoms. The van der Waals surface area contributed by atoms with E-state index in [1.807, 2.05) is 19.1 Å². The molecular weight excluding hydrogens is 296 g/mol. The van der Waals surface area contributed by atoms with Crippen LogP contribution in [0.4, 0.5) is 0 Å². The summed E-state index contributed by atoms with van der Waals surface area (Å²) in [5.74, 6) is 0. The number of benzene rings is 1. The highest BCUT2D eigenvalue weighted by atomic mass is 35.5. The number of hydrogen-bond acceptors (Lipinski definition) is 3. The highest BCUT2D eigenvalue weighted by molar-refractivity contribution is 7.89. The van der Waals surface area contributed by atoms with Gasteiger partial charge >= 0.3 is 0 Å². The van der Waals surface area contributed by atoms with Crippen molar-refractivity contribution in [3.8, 4) is 0 Å². The third-order valence-electron chi connectivity index (χ3n) is 3.95. The Labute approximate surface area is 127 Å². The first-order valence-corrected chi connectivity index (χ1v) is 8.33. The zero-order chi connectivity index (χ0) is 13.9. The Morgan fingerprint density at radius 2 is 1.85 bits per heavy atom. The fourth-order valence-electron chi connectivity index (χ4n) is 2.80. The Balaban J connectivity index is 0.00000200. The number of rotatable bonds is 5. The van der Waals surface area contributed by atoms with Gasteiger partial charge in [-0.05, 0) is 30.9 Å². The van der Waals surface area contributed by atoms with E-state index >= 15 is 0 Å². The third kappa shape index (κ3) is 3.52. The molecule has 0 saturated heterocycles. The molecule has 1 aromatic carbocycles. The van der Waals surface area contributed by atoms with Crippen molar-refractivity contribution in [2.24, 2.45) is 5.73 Å². The monoisotopic (exact) mass is 318 g/mol. The van der Waals surface area contributed by atoms with Crippen molar-refractivity contribution >= 4 is 22.4 Å². The second-order valence-corrected chi connectivity index (χ2v) is 6.91. The van der Waals surface area contributed by atoms with Crippen molar-refractivity contribution in [3.05, 3.63) is 29.8 Å². The normalized spacial score (nSPS) is 17.7. The predicted octanol–water partition coefficient (Wildman–Crippen LogP) is 2.22. The van der Waals surface area contributed by atoms with Gasteiger partial charge in [0, 0.05) is 12.1 Å². The summed E-state index contributed by atoms with van der Waals surface area (Å²) in [5.41, 5.74) is 6.20. The molecule has 3 N–H and O–H groups in total. The lowest BCUT2D eigenvalue weighted by atomic mass is 10.0. The van der Waals surface area contributed by atoms with Crippen LogP contribution in [0.25, 0.3) is 0 Å². The SMILES string of the molecule is CCc1ccccc1S(=O)(=O)NC1(CN)CCCC1.Cl. The van der Waals surface area contributed by atoms with Gasteiger partial charge in [0.2, 0.25) is 10.0 Å². The van der Waals surface area contributed by atoms with Crippen molar-refractivity contribution < 1.29 is 8.42 Å². The number of sulfonamides is 1. The summed E-state index contributed by atoms with van der Waals surface area (Å²) < 4.78 is 28.0. The first-order chi connectivity index (χ1) is 9.03. The predicted molar refractivity (Wildman–Crippen MR) is 83.6 cm³/mol. The van der Waals surface area contributed by atoms with E-state index in [0.717, 1.165) is 31.2 Å². The van der Waals surface area contributed by atoms with E-state index in [2.05, 4.69) is 4.72 Å².